The van der Waals surface area contributed by atoms with Gasteiger partial charge in [-0.25, -0.2) is 4.98 Å². The lowest BCUT2D eigenvalue weighted by molar-refractivity contribution is 0.0997. The van der Waals surface area contributed by atoms with Crippen molar-refractivity contribution in [3.8, 4) is 11.1 Å². The highest BCUT2D eigenvalue weighted by Gasteiger charge is 2.31. The van der Waals surface area contributed by atoms with E-state index in [1.165, 1.54) is 0 Å². The number of carbonyl (C=O) groups excluding carboxylic acids is 1. The summed E-state index contributed by atoms with van der Waals surface area (Å²) in [6.07, 6.45) is 5.26. The molecule has 2 aromatic carbocycles. The van der Waals surface area contributed by atoms with Gasteiger partial charge < -0.3 is 10.2 Å². The Bertz CT molecular complexity index is 1170. The summed E-state index contributed by atoms with van der Waals surface area (Å²) in [7, 11) is 0. The zero-order valence-electron chi connectivity index (χ0n) is 16.3. The molecule has 3 heterocycles. The van der Waals surface area contributed by atoms with E-state index < -0.39 is 0 Å². The van der Waals surface area contributed by atoms with Gasteiger partial charge in [0.1, 0.15) is 5.82 Å². The van der Waals surface area contributed by atoms with Crippen molar-refractivity contribution in [2.45, 2.75) is 13.1 Å². The molecule has 0 radical (unpaired) electrons. The summed E-state index contributed by atoms with van der Waals surface area (Å²) in [5.74, 6) is 0.598. The number of rotatable bonds is 5. The third-order valence-electron chi connectivity index (χ3n) is 5.32. The molecule has 5 nitrogen and oxygen atoms in total. The molecule has 0 spiro atoms. The largest absolute Gasteiger partial charge is 0.365 e. The average Bonchev–Trinajstić information content (AvgIpc) is 3.16. The van der Waals surface area contributed by atoms with Gasteiger partial charge in [0, 0.05) is 30.8 Å². The Morgan fingerprint density at radius 3 is 2.33 bits per heavy atom. The molecule has 1 aliphatic heterocycles. The predicted molar refractivity (Wildman–Crippen MR) is 118 cm³/mol. The van der Waals surface area contributed by atoms with Crippen molar-refractivity contribution in [3.05, 3.63) is 108 Å². The maximum atomic E-state index is 13.2. The van der Waals surface area contributed by atoms with E-state index in [4.69, 9.17) is 0 Å². The number of amides is 1. The van der Waals surface area contributed by atoms with Gasteiger partial charge in [0.15, 0.2) is 0 Å². The molecule has 0 atom stereocenters. The smallest absolute Gasteiger partial charge is 0.262 e. The highest BCUT2D eigenvalue weighted by Crippen LogP contribution is 2.33. The Balaban J connectivity index is 1.37. The van der Waals surface area contributed by atoms with Gasteiger partial charge in [-0.15, -0.1) is 0 Å². The standard InChI is InChI=1S/C25H20N4O/c30-25-23-21(12-15-27-24(23)28-16-18-10-13-26-14-11-18)17-29(25)22-8-6-20(7-9-22)19-4-2-1-3-5-19/h1-15H,16-17H2,(H,27,28). The number of carbonyl (C=O) groups is 1. The van der Waals surface area contributed by atoms with Crippen LogP contribution in [-0.4, -0.2) is 15.9 Å². The maximum absolute atomic E-state index is 13.2. The highest BCUT2D eigenvalue weighted by atomic mass is 16.2. The lowest BCUT2D eigenvalue weighted by atomic mass is 10.1. The van der Waals surface area contributed by atoms with Crippen LogP contribution in [0.5, 0.6) is 0 Å². The molecule has 1 amide bonds. The molecule has 0 bridgehead atoms. The number of nitrogens with one attached hydrogen (secondary N) is 1. The number of fused-ring (bicyclic) bond motifs is 1. The molecule has 0 saturated carbocycles. The molecular weight excluding hydrogens is 372 g/mol. The zero-order valence-corrected chi connectivity index (χ0v) is 16.3. The fourth-order valence-corrected chi connectivity index (χ4v) is 3.74. The van der Waals surface area contributed by atoms with Gasteiger partial charge in [-0.3, -0.25) is 9.78 Å². The summed E-state index contributed by atoms with van der Waals surface area (Å²) in [6, 6.07) is 24.1. The van der Waals surface area contributed by atoms with Gasteiger partial charge in [-0.05, 0) is 52.6 Å². The maximum Gasteiger partial charge on any atom is 0.262 e. The first kappa shape index (κ1) is 18.1. The number of hydrogen-bond donors (Lipinski definition) is 1. The van der Waals surface area contributed by atoms with Crippen molar-refractivity contribution in [2.24, 2.45) is 0 Å². The van der Waals surface area contributed by atoms with Crippen LogP contribution in [0, 0.1) is 0 Å². The molecule has 4 aromatic rings. The molecule has 0 fully saturated rings. The van der Waals surface area contributed by atoms with Crippen molar-refractivity contribution in [1.82, 2.24) is 9.97 Å². The first-order valence-corrected chi connectivity index (χ1v) is 9.87. The van der Waals surface area contributed by atoms with Gasteiger partial charge in [-0.1, -0.05) is 42.5 Å². The summed E-state index contributed by atoms with van der Waals surface area (Å²) in [6.45, 7) is 1.14. The third-order valence-corrected chi connectivity index (χ3v) is 5.32. The lowest BCUT2D eigenvalue weighted by Gasteiger charge is -2.16. The van der Waals surface area contributed by atoms with E-state index in [0.29, 0.717) is 24.5 Å². The van der Waals surface area contributed by atoms with Crippen molar-refractivity contribution >= 4 is 17.4 Å². The zero-order chi connectivity index (χ0) is 20.3. The van der Waals surface area contributed by atoms with Crippen LogP contribution in [0.2, 0.25) is 0 Å². The molecule has 5 heteroatoms. The summed E-state index contributed by atoms with van der Waals surface area (Å²) in [5, 5.41) is 3.31. The quantitative estimate of drug-likeness (QED) is 0.524. The summed E-state index contributed by atoms with van der Waals surface area (Å²) in [4.78, 5) is 23.5. The number of hydrogen-bond acceptors (Lipinski definition) is 4. The fourth-order valence-electron chi connectivity index (χ4n) is 3.74. The van der Waals surface area contributed by atoms with Crippen LogP contribution in [0.15, 0.2) is 91.4 Å². The van der Waals surface area contributed by atoms with Crippen molar-refractivity contribution < 1.29 is 4.79 Å². The minimum Gasteiger partial charge on any atom is -0.365 e. The number of aromatic nitrogens is 2. The lowest BCUT2D eigenvalue weighted by Crippen LogP contribution is -2.23. The van der Waals surface area contributed by atoms with E-state index in [-0.39, 0.29) is 5.91 Å². The van der Waals surface area contributed by atoms with Crippen LogP contribution in [-0.2, 0) is 13.1 Å². The number of nitrogens with zero attached hydrogens (tertiary/aromatic N) is 3. The molecule has 30 heavy (non-hydrogen) atoms. The van der Waals surface area contributed by atoms with E-state index in [1.807, 2.05) is 48.5 Å². The van der Waals surface area contributed by atoms with Crippen LogP contribution in [0.4, 0.5) is 11.5 Å². The van der Waals surface area contributed by atoms with E-state index >= 15 is 0 Å². The predicted octanol–water partition coefficient (Wildman–Crippen LogP) is 4.92. The number of benzene rings is 2. The Labute approximate surface area is 175 Å². The minimum atomic E-state index is -0.0252. The average molecular weight is 392 g/mol. The van der Waals surface area contributed by atoms with Crippen LogP contribution in [0.25, 0.3) is 11.1 Å². The second-order valence-corrected chi connectivity index (χ2v) is 7.21. The number of pyridine rings is 2. The second kappa shape index (κ2) is 7.79. The van der Waals surface area contributed by atoms with Gasteiger partial charge in [0.2, 0.25) is 0 Å². The van der Waals surface area contributed by atoms with Crippen LogP contribution in [0.3, 0.4) is 0 Å². The van der Waals surface area contributed by atoms with Crippen LogP contribution in [0.1, 0.15) is 21.5 Å². The van der Waals surface area contributed by atoms with Crippen molar-refractivity contribution in [2.75, 3.05) is 10.2 Å². The molecule has 0 saturated heterocycles. The summed E-state index contributed by atoms with van der Waals surface area (Å²) >= 11 is 0. The molecule has 0 unspecified atom stereocenters. The summed E-state index contributed by atoms with van der Waals surface area (Å²) in [5.41, 5.74) is 5.90. The molecular formula is C25H20N4O. The van der Waals surface area contributed by atoms with Gasteiger partial charge in [0.25, 0.3) is 5.91 Å². The van der Waals surface area contributed by atoms with Gasteiger partial charge >= 0.3 is 0 Å². The second-order valence-electron chi connectivity index (χ2n) is 7.21. The molecule has 1 aliphatic rings. The van der Waals surface area contributed by atoms with Gasteiger partial charge in [-0.2, -0.15) is 0 Å². The normalized spacial score (nSPS) is 12.7. The fraction of sp³-hybridized carbons (Fsp3) is 0.0800. The monoisotopic (exact) mass is 392 g/mol. The molecule has 5 rings (SSSR count). The van der Waals surface area contributed by atoms with E-state index in [9.17, 15) is 4.79 Å². The van der Waals surface area contributed by atoms with Crippen molar-refractivity contribution in [1.29, 1.82) is 0 Å². The highest BCUT2D eigenvalue weighted by molar-refractivity contribution is 6.13. The Morgan fingerprint density at radius 1 is 0.833 bits per heavy atom. The van der Waals surface area contributed by atoms with E-state index in [0.717, 1.165) is 27.9 Å². The third kappa shape index (κ3) is 3.42. The topological polar surface area (TPSA) is 58.1 Å². The number of anilines is 2. The van der Waals surface area contributed by atoms with Crippen LogP contribution < -0.4 is 10.2 Å². The van der Waals surface area contributed by atoms with Crippen molar-refractivity contribution in [3.63, 3.8) is 0 Å². The molecule has 1 N–H and O–H groups in total. The molecule has 146 valence electrons. The Hall–Kier alpha value is -3.99. The van der Waals surface area contributed by atoms with Crippen LogP contribution >= 0.6 is 0 Å². The molecule has 0 aliphatic carbocycles. The first-order chi connectivity index (χ1) is 14.8. The SMILES string of the molecule is O=C1c2c(ccnc2NCc2ccncc2)CN1c1ccc(-c2ccccc2)cc1. The Kier molecular flexibility index (Phi) is 4.69. The van der Waals surface area contributed by atoms with E-state index in [1.54, 1.807) is 23.5 Å². The first-order valence-electron chi connectivity index (χ1n) is 9.87. The Morgan fingerprint density at radius 2 is 1.57 bits per heavy atom. The van der Waals surface area contributed by atoms with Gasteiger partial charge in [0.05, 0.1) is 12.1 Å². The van der Waals surface area contributed by atoms with E-state index in [2.05, 4.69) is 39.6 Å². The minimum absolute atomic E-state index is 0.0252. The molecule has 2 aromatic heterocycles. The summed E-state index contributed by atoms with van der Waals surface area (Å²) < 4.78 is 0.